The molecule has 2 aliphatic heterocycles. The number of rotatable bonds is 3. The molecule has 0 aliphatic carbocycles. The molecular formula is C15H17FN2O3. The van der Waals surface area contributed by atoms with Crippen molar-refractivity contribution in [1.29, 1.82) is 0 Å². The molecule has 112 valence electrons. The van der Waals surface area contributed by atoms with E-state index in [0.717, 1.165) is 25.3 Å². The van der Waals surface area contributed by atoms with E-state index in [2.05, 4.69) is 15.4 Å². The number of esters is 1. The van der Waals surface area contributed by atoms with E-state index in [9.17, 15) is 14.0 Å². The van der Waals surface area contributed by atoms with Crippen LogP contribution in [0.25, 0.3) is 0 Å². The molecule has 0 saturated carbocycles. The van der Waals surface area contributed by atoms with Crippen LogP contribution in [0.3, 0.4) is 0 Å². The highest BCUT2D eigenvalue weighted by atomic mass is 19.1. The second kappa shape index (κ2) is 5.44. The van der Waals surface area contributed by atoms with Gasteiger partial charge in [-0.15, -0.1) is 0 Å². The van der Waals surface area contributed by atoms with Gasteiger partial charge in [0.2, 0.25) is 5.91 Å². The third-order valence-electron chi connectivity index (χ3n) is 4.28. The Balaban J connectivity index is 1.79. The van der Waals surface area contributed by atoms with Crippen LogP contribution in [0.2, 0.25) is 0 Å². The summed E-state index contributed by atoms with van der Waals surface area (Å²) in [4.78, 5) is 24.0. The van der Waals surface area contributed by atoms with Crippen molar-refractivity contribution in [3.63, 3.8) is 0 Å². The summed E-state index contributed by atoms with van der Waals surface area (Å²) in [7, 11) is 1.25. The number of hydrogen-bond acceptors (Lipinski definition) is 4. The number of carbonyl (C=O) groups is 2. The number of fused-ring (bicyclic) bond motifs is 2. The highest BCUT2D eigenvalue weighted by Crippen LogP contribution is 2.34. The van der Waals surface area contributed by atoms with Crippen molar-refractivity contribution in [2.24, 2.45) is 5.92 Å². The van der Waals surface area contributed by atoms with E-state index in [1.54, 1.807) is 0 Å². The smallest absolute Gasteiger partial charge is 0.339 e. The highest BCUT2D eigenvalue weighted by Gasteiger charge is 2.42. The van der Waals surface area contributed by atoms with Crippen molar-refractivity contribution in [3.05, 3.63) is 29.6 Å². The summed E-state index contributed by atoms with van der Waals surface area (Å²) in [6, 6.07) is 4.21. The molecule has 2 saturated heterocycles. The third kappa shape index (κ3) is 2.63. The number of ether oxygens (including phenoxy) is 1. The van der Waals surface area contributed by atoms with Crippen molar-refractivity contribution < 1.29 is 18.7 Å². The Bertz CT molecular complexity index is 590. The zero-order valence-corrected chi connectivity index (χ0v) is 11.7. The predicted octanol–water partition coefficient (Wildman–Crippen LogP) is 1.69. The fraction of sp³-hybridized carbons (Fsp3) is 0.467. The summed E-state index contributed by atoms with van der Waals surface area (Å²) in [5.74, 6) is -1.41. The molecule has 2 heterocycles. The van der Waals surface area contributed by atoms with Gasteiger partial charge in [-0.25, -0.2) is 9.18 Å². The van der Waals surface area contributed by atoms with Crippen LogP contribution >= 0.6 is 0 Å². The number of hydrogen-bond donors (Lipinski definition) is 2. The number of amides is 1. The Kier molecular flexibility index (Phi) is 3.63. The molecule has 3 unspecified atom stereocenters. The topological polar surface area (TPSA) is 67.4 Å². The summed E-state index contributed by atoms with van der Waals surface area (Å²) in [5.41, 5.74) is 0.318. The molecule has 2 fully saturated rings. The number of methoxy groups -OCH3 is 1. The SMILES string of the molecule is COC(=O)c1ccc(F)cc1NC(=O)C1CC2CCC1N2. The van der Waals surface area contributed by atoms with Gasteiger partial charge in [0.05, 0.1) is 24.3 Å². The second-order valence-corrected chi connectivity index (χ2v) is 5.56. The third-order valence-corrected chi connectivity index (χ3v) is 4.28. The van der Waals surface area contributed by atoms with Crippen LogP contribution in [0.4, 0.5) is 10.1 Å². The van der Waals surface area contributed by atoms with Crippen LogP contribution in [0.15, 0.2) is 18.2 Å². The van der Waals surface area contributed by atoms with Gasteiger partial charge in [-0.2, -0.15) is 0 Å². The van der Waals surface area contributed by atoms with E-state index in [-0.39, 0.29) is 29.1 Å². The van der Waals surface area contributed by atoms with Crippen LogP contribution in [0.5, 0.6) is 0 Å². The fourth-order valence-corrected chi connectivity index (χ4v) is 3.25. The summed E-state index contributed by atoms with van der Waals surface area (Å²) in [5, 5.41) is 6.05. The van der Waals surface area contributed by atoms with E-state index in [1.165, 1.54) is 19.2 Å². The molecule has 1 aromatic rings. The quantitative estimate of drug-likeness (QED) is 0.832. The van der Waals surface area contributed by atoms with Crippen LogP contribution in [0, 0.1) is 11.7 Å². The fourth-order valence-electron chi connectivity index (χ4n) is 3.25. The van der Waals surface area contributed by atoms with Crippen LogP contribution in [-0.4, -0.2) is 31.1 Å². The summed E-state index contributed by atoms with van der Waals surface area (Å²) in [6.07, 6.45) is 2.87. The minimum Gasteiger partial charge on any atom is -0.465 e. The Hall–Kier alpha value is -1.95. The second-order valence-electron chi connectivity index (χ2n) is 5.56. The first-order chi connectivity index (χ1) is 10.1. The average Bonchev–Trinajstić information content (AvgIpc) is 3.09. The zero-order valence-electron chi connectivity index (χ0n) is 11.7. The number of carbonyl (C=O) groups excluding carboxylic acids is 2. The van der Waals surface area contributed by atoms with Gasteiger partial charge in [0, 0.05) is 12.1 Å². The van der Waals surface area contributed by atoms with E-state index < -0.39 is 11.8 Å². The van der Waals surface area contributed by atoms with Gasteiger partial charge in [-0.3, -0.25) is 4.79 Å². The molecule has 1 amide bonds. The van der Waals surface area contributed by atoms with Crippen molar-refractivity contribution in [3.8, 4) is 0 Å². The lowest BCUT2D eigenvalue weighted by Crippen LogP contribution is -2.33. The van der Waals surface area contributed by atoms with E-state index in [1.807, 2.05) is 0 Å². The maximum atomic E-state index is 13.4. The van der Waals surface area contributed by atoms with Gasteiger partial charge < -0.3 is 15.4 Å². The van der Waals surface area contributed by atoms with Crippen LogP contribution < -0.4 is 10.6 Å². The Morgan fingerprint density at radius 2 is 2.19 bits per heavy atom. The lowest BCUT2D eigenvalue weighted by molar-refractivity contribution is -0.120. The standard InChI is InChI=1S/C15H17FN2O3/c1-21-15(20)10-4-2-8(16)6-13(10)18-14(19)11-7-9-3-5-12(11)17-9/h2,4,6,9,11-12,17H,3,5,7H2,1H3,(H,18,19). The maximum Gasteiger partial charge on any atom is 0.339 e. The van der Waals surface area contributed by atoms with Gasteiger partial charge >= 0.3 is 5.97 Å². The van der Waals surface area contributed by atoms with Gasteiger partial charge in [0.25, 0.3) is 0 Å². The van der Waals surface area contributed by atoms with Crippen molar-refractivity contribution in [2.75, 3.05) is 12.4 Å². The number of benzene rings is 1. The van der Waals surface area contributed by atoms with Crippen molar-refractivity contribution in [1.82, 2.24) is 5.32 Å². The Morgan fingerprint density at radius 1 is 1.38 bits per heavy atom. The lowest BCUT2D eigenvalue weighted by atomic mass is 9.88. The number of halogens is 1. The molecule has 2 aliphatic rings. The van der Waals surface area contributed by atoms with Gasteiger partial charge in [-0.1, -0.05) is 0 Å². The van der Waals surface area contributed by atoms with Gasteiger partial charge in [-0.05, 0) is 37.5 Å². The minimum atomic E-state index is -0.601. The van der Waals surface area contributed by atoms with Gasteiger partial charge in [0.1, 0.15) is 5.82 Å². The van der Waals surface area contributed by atoms with Crippen LogP contribution in [0.1, 0.15) is 29.6 Å². The first-order valence-electron chi connectivity index (χ1n) is 7.03. The highest BCUT2D eigenvalue weighted by molar-refractivity contribution is 6.02. The number of anilines is 1. The Morgan fingerprint density at radius 3 is 2.81 bits per heavy atom. The first kappa shape index (κ1) is 14.0. The molecule has 0 radical (unpaired) electrons. The predicted molar refractivity (Wildman–Crippen MR) is 74.4 cm³/mol. The molecule has 6 heteroatoms. The molecule has 2 N–H and O–H groups in total. The Labute approximate surface area is 121 Å². The van der Waals surface area contributed by atoms with Crippen molar-refractivity contribution in [2.45, 2.75) is 31.3 Å². The molecular weight excluding hydrogens is 275 g/mol. The molecule has 5 nitrogen and oxygen atoms in total. The summed E-state index contributed by atoms with van der Waals surface area (Å²) < 4.78 is 18.0. The van der Waals surface area contributed by atoms with E-state index in [4.69, 9.17) is 0 Å². The molecule has 3 rings (SSSR count). The molecule has 0 spiro atoms. The average molecular weight is 292 g/mol. The monoisotopic (exact) mass is 292 g/mol. The largest absolute Gasteiger partial charge is 0.465 e. The zero-order chi connectivity index (χ0) is 15.0. The van der Waals surface area contributed by atoms with Crippen LogP contribution in [-0.2, 0) is 9.53 Å². The molecule has 1 aromatic carbocycles. The van der Waals surface area contributed by atoms with Crippen molar-refractivity contribution >= 4 is 17.6 Å². The minimum absolute atomic E-state index is 0.127. The first-order valence-corrected chi connectivity index (χ1v) is 7.03. The summed E-state index contributed by atoms with van der Waals surface area (Å²) in [6.45, 7) is 0. The maximum absolute atomic E-state index is 13.4. The molecule has 3 atom stereocenters. The molecule has 0 aromatic heterocycles. The van der Waals surface area contributed by atoms with Gasteiger partial charge in [0.15, 0.2) is 0 Å². The van der Waals surface area contributed by atoms with E-state index >= 15 is 0 Å². The number of nitrogens with one attached hydrogen (secondary N) is 2. The molecule has 2 bridgehead atoms. The normalized spacial score (nSPS) is 26.7. The summed E-state index contributed by atoms with van der Waals surface area (Å²) >= 11 is 0. The lowest BCUT2D eigenvalue weighted by Gasteiger charge is -2.20. The van der Waals surface area contributed by atoms with E-state index in [0.29, 0.717) is 6.04 Å². The molecule has 21 heavy (non-hydrogen) atoms.